The molecule has 1 saturated heterocycles. The Labute approximate surface area is 120 Å². The van der Waals surface area contributed by atoms with E-state index < -0.39 is 0 Å². The molecule has 5 nitrogen and oxygen atoms in total. The van der Waals surface area contributed by atoms with Gasteiger partial charge in [-0.1, -0.05) is 28.4 Å². The molecule has 1 atom stereocenters. The molecule has 2 aromatic heterocycles. The average Bonchev–Trinajstić information content (AvgIpc) is 2.99. The summed E-state index contributed by atoms with van der Waals surface area (Å²) in [5.74, 6) is 1.00. The van der Waals surface area contributed by atoms with Gasteiger partial charge in [-0.3, -0.25) is 0 Å². The number of halogens is 2. The highest BCUT2D eigenvalue weighted by Gasteiger charge is 2.36. The molecule has 0 bridgehead atoms. The van der Waals surface area contributed by atoms with Crippen LogP contribution in [0, 0.1) is 0 Å². The maximum Gasteiger partial charge on any atom is 0.234 e. The van der Waals surface area contributed by atoms with Crippen LogP contribution in [0.2, 0.25) is 10.0 Å². The van der Waals surface area contributed by atoms with Crippen LogP contribution >= 0.6 is 23.2 Å². The van der Waals surface area contributed by atoms with Gasteiger partial charge in [0, 0.05) is 12.7 Å². The molecule has 1 fully saturated rings. The maximum atomic E-state index is 6.09. The van der Waals surface area contributed by atoms with Gasteiger partial charge in [-0.2, -0.15) is 4.98 Å². The fourth-order valence-electron chi connectivity index (χ4n) is 2.14. The van der Waals surface area contributed by atoms with Crippen molar-refractivity contribution >= 4 is 23.2 Å². The van der Waals surface area contributed by atoms with Gasteiger partial charge in [0.25, 0.3) is 0 Å². The van der Waals surface area contributed by atoms with E-state index in [1.165, 1.54) is 6.20 Å². The van der Waals surface area contributed by atoms with Gasteiger partial charge in [0.15, 0.2) is 0 Å². The number of aromatic nitrogens is 3. The van der Waals surface area contributed by atoms with Crippen LogP contribution in [0.25, 0.3) is 11.5 Å². The van der Waals surface area contributed by atoms with Crippen molar-refractivity contribution in [1.82, 2.24) is 20.4 Å². The van der Waals surface area contributed by atoms with E-state index in [4.69, 9.17) is 27.7 Å². The van der Waals surface area contributed by atoms with E-state index in [9.17, 15) is 0 Å². The molecule has 0 amide bonds. The SMILES string of the molecule is CC1(c2nc(-c3ncc(Cl)cc3Cl)no2)CCNC1. The van der Waals surface area contributed by atoms with Gasteiger partial charge in [-0.25, -0.2) is 4.98 Å². The summed E-state index contributed by atoms with van der Waals surface area (Å²) in [7, 11) is 0. The largest absolute Gasteiger partial charge is 0.338 e. The number of rotatable bonds is 2. The van der Waals surface area contributed by atoms with Crippen molar-refractivity contribution in [3.05, 3.63) is 28.2 Å². The first kappa shape index (κ1) is 12.8. The number of hydrogen-bond donors (Lipinski definition) is 1. The third-order valence-electron chi connectivity index (χ3n) is 3.33. The zero-order valence-electron chi connectivity index (χ0n) is 10.3. The Morgan fingerprint density at radius 3 is 2.95 bits per heavy atom. The monoisotopic (exact) mass is 298 g/mol. The van der Waals surface area contributed by atoms with Crippen LogP contribution in [-0.4, -0.2) is 28.2 Å². The Morgan fingerprint density at radius 2 is 2.26 bits per heavy atom. The number of hydrogen-bond acceptors (Lipinski definition) is 5. The molecule has 0 aliphatic carbocycles. The van der Waals surface area contributed by atoms with Crippen molar-refractivity contribution in [2.75, 3.05) is 13.1 Å². The van der Waals surface area contributed by atoms with E-state index in [2.05, 4.69) is 27.4 Å². The first-order valence-corrected chi connectivity index (χ1v) is 6.70. The summed E-state index contributed by atoms with van der Waals surface area (Å²) in [4.78, 5) is 8.56. The quantitative estimate of drug-likeness (QED) is 0.923. The van der Waals surface area contributed by atoms with Crippen LogP contribution in [0.4, 0.5) is 0 Å². The molecule has 0 saturated carbocycles. The third kappa shape index (κ3) is 2.33. The Morgan fingerprint density at radius 1 is 1.42 bits per heavy atom. The van der Waals surface area contributed by atoms with Crippen molar-refractivity contribution in [1.29, 1.82) is 0 Å². The molecule has 0 radical (unpaired) electrons. The lowest BCUT2D eigenvalue weighted by molar-refractivity contribution is 0.306. The molecule has 1 aliphatic heterocycles. The van der Waals surface area contributed by atoms with Crippen molar-refractivity contribution in [3.63, 3.8) is 0 Å². The normalized spacial score (nSPS) is 22.9. The predicted molar refractivity (Wildman–Crippen MR) is 72.4 cm³/mol. The number of pyridine rings is 1. The molecule has 1 N–H and O–H groups in total. The van der Waals surface area contributed by atoms with Crippen molar-refractivity contribution in [2.24, 2.45) is 0 Å². The second-order valence-corrected chi connectivity index (χ2v) is 5.74. The Kier molecular flexibility index (Phi) is 3.20. The van der Waals surface area contributed by atoms with Gasteiger partial charge >= 0.3 is 0 Å². The summed E-state index contributed by atoms with van der Waals surface area (Å²) in [6.07, 6.45) is 2.48. The molecule has 2 aromatic rings. The predicted octanol–water partition coefficient (Wildman–Crippen LogP) is 2.69. The fraction of sp³-hybridized carbons (Fsp3) is 0.417. The summed E-state index contributed by atoms with van der Waals surface area (Å²) in [5, 5.41) is 8.14. The summed E-state index contributed by atoms with van der Waals surface area (Å²) < 4.78 is 5.36. The smallest absolute Gasteiger partial charge is 0.234 e. The highest BCUT2D eigenvalue weighted by Crippen LogP contribution is 2.31. The van der Waals surface area contributed by atoms with Gasteiger partial charge in [0.1, 0.15) is 5.69 Å². The lowest BCUT2D eigenvalue weighted by Gasteiger charge is -2.15. The molecular weight excluding hydrogens is 287 g/mol. The fourth-order valence-corrected chi connectivity index (χ4v) is 2.61. The second-order valence-electron chi connectivity index (χ2n) is 4.89. The van der Waals surface area contributed by atoms with Gasteiger partial charge in [0.05, 0.1) is 15.5 Å². The van der Waals surface area contributed by atoms with E-state index in [0.717, 1.165) is 19.5 Å². The third-order valence-corrected chi connectivity index (χ3v) is 3.83. The summed E-state index contributed by atoms with van der Waals surface area (Å²) >= 11 is 11.9. The lowest BCUT2D eigenvalue weighted by atomic mass is 9.90. The van der Waals surface area contributed by atoms with Crippen LogP contribution in [0.15, 0.2) is 16.8 Å². The maximum absolute atomic E-state index is 6.09. The van der Waals surface area contributed by atoms with Crippen LogP contribution in [0.1, 0.15) is 19.2 Å². The highest BCUT2D eigenvalue weighted by molar-refractivity contribution is 6.35. The van der Waals surface area contributed by atoms with Crippen LogP contribution in [0.3, 0.4) is 0 Å². The minimum absolute atomic E-state index is 0.121. The molecule has 0 spiro atoms. The Bertz CT molecular complexity index is 608. The zero-order valence-corrected chi connectivity index (χ0v) is 11.8. The molecule has 1 unspecified atom stereocenters. The highest BCUT2D eigenvalue weighted by atomic mass is 35.5. The molecule has 3 rings (SSSR count). The summed E-state index contributed by atoms with van der Waals surface area (Å²) in [6.45, 7) is 3.88. The van der Waals surface area contributed by atoms with Crippen LogP contribution < -0.4 is 5.32 Å². The molecule has 100 valence electrons. The van der Waals surface area contributed by atoms with Gasteiger partial charge < -0.3 is 9.84 Å². The van der Waals surface area contributed by atoms with Gasteiger partial charge in [0.2, 0.25) is 11.7 Å². The van der Waals surface area contributed by atoms with Gasteiger partial charge in [-0.05, 0) is 26.0 Å². The topological polar surface area (TPSA) is 63.8 Å². The van der Waals surface area contributed by atoms with E-state index in [1.807, 2.05) is 0 Å². The minimum Gasteiger partial charge on any atom is -0.338 e. The first-order chi connectivity index (χ1) is 9.08. The minimum atomic E-state index is -0.121. The van der Waals surface area contributed by atoms with Gasteiger partial charge in [-0.15, -0.1) is 0 Å². The molecule has 0 aromatic carbocycles. The first-order valence-electron chi connectivity index (χ1n) is 5.95. The van der Waals surface area contributed by atoms with Crippen molar-refractivity contribution in [2.45, 2.75) is 18.8 Å². The lowest BCUT2D eigenvalue weighted by Crippen LogP contribution is -2.25. The van der Waals surface area contributed by atoms with E-state index in [0.29, 0.717) is 27.5 Å². The molecule has 3 heterocycles. The summed E-state index contributed by atoms with van der Waals surface area (Å²) in [5.41, 5.74) is 0.361. The van der Waals surface area contributed by atoms with E-state index in [1.54, 1.807) is 6.07 Å². The standard InChI is InChI=1S/C12H12Cl2N4O/c1-12(2-3-15-6-12)11-17-10(18-19-11)9-8(14)4-7(13)5-16-9/h4-5,15H,2-3,6H2,1H3. The van der Waals surface area contributed by atoms with Crippen LogP contribution in [-0.2, 0) is 5.41 Å². The molecule has 7 heteroatoms. The Hall–Kier alpha value is -1.17. The van der Waals surface area contributed by atoms with E-state index >= 15 is 0 Å². The number of nitrogens with zero attached hydrogens (tertiary/aromatic N) is 3. The second kappa shape index (κ2) is 4.74. The van der Waals surface area contributed by atoms with E-state index in [-0.39, 0.29) is 5.41 Å². The average molecular weight is 299 g/mol. The summed E-state index contributed by atoms with van der Waals surface area (Å²) in [6, 6.07) is 1.61. The zero-order chi connectivity index (χ0) is 13.5. The molecule has 1 aliphatic rings. The van der Waals surface area contributed by atoms with Crippen LogP contribution in [0.5, 0.6) is 0 Å². The molecule has 19 heavy (non-hydrogen) atoms. The van der Waals surface area contributed by atoms with Crippen molar-refractivity contribution < 1.29 is 4.52 Å². The van der Waals surface area contributed by atoms with Crippen molar-refractivity contribution in [3.8, 4) is 11.5 Å². The number of nitrogens with one attached hydrogen (secondary N) is 1. The Balaban J connectivity index is 1.97. The molecular formula is C12H12Cl2N4O.